The molecule has 1 aliphatic rings. The van der Waals surface area contributed by atoms with Crippen molar-refractivity contribution in [2.24, 2.45) is 5.92 Å². The van der Waals surface area contributed by atoms with Crippen LogP contribution in [0.5, 0.6) is 0 Å². The molecule has 0 bridgehead atoms. The van der Waals surface area contributed by atoms with Crippen LogP contribution < -0.4 is 5.32 Å². The zero-order valence-electron chi connectivity index (χ0n) is 9.87. The average Bonchev–Trinajstić information content (AvgIpc) is 2.69. The Labute approximate surface area is 96.4 Å². The van der Waals surface area contributed by atoms with E-state index in [9.17, 15) is 9.59 Å². The van der Waals surface area contributed by atoms with Crippen LogP contribution in [0, 0.1) is 5.92 Å². The molecule has 0 aromatic rings. The molecule has 1 atom stereocenters. The first-order chi connectivity index (χ1) is 7.63. The van der Waals surface area contributed by atoms with Gasteiger partial charge < -0.3 is 10.4 Å². The highest BCUT2D eigenvalue weighted by Crippen LogP contribution is 2.18. The summed E-state index contributed by atoms with van der Waals surface area (Å²) in [6.45, 7) is 1.94. The van der Waals surface area contributed by atoms with Crippen molar-refractivity contribution in [3.8, 4) is 0 Å². The van der Waals surface area contributed by atoms with E-state index in [1.165, 1.54) is 12.8 Å². The van der Waals surface area contributed by atoms with Crippen molar-refractivity contribution < 1.29 is 14.7 Å². The smallest absolute Gasteiger partial charge is 0.307 e. The van der Waals surface area contributed by atoms with E-state index in [2.05, 4.69) is 5.32 Å². The van der Waals surface area contributed by atoms with Gasteiger partial charge in [-0.15, -0.1) is 0 Å². The maximum atomic E-state index is 11.6. The molecule has 1 unspecified atom stereocenters. The number of rotatable bonds is 6. The van der Waals surface area contributed by atoms with Crippen molar-refractivity contribution in [1.82, 2.24) is 5.32 Å². The molecule has 1 saturated carbocycles. The van der Waals surface area contributed by atoms with Crippen LogP contribution in [0.25, 0.3) is 0 Å². The molecular formula is C12H21NO3. The predicted octanol–water partition coefficient (Wildman–Crippen LogP) is 1.94. The first-order valence-electron chi connectivity index (χ1n) is 6.15. The van der Waals surface area contributed by atoms with Crippen molar-refractivity contribution in [1.29, 1.82) is 0 Å². The molecule has 1 amide bonds. The lowest BCUT2D eigenvalue weighted by Crippen LogP contribution is -2.35. The highest BCUT2D eigenvalue weighted by atomic mass is 16.4. The first kappa shape index (κ1) is 13.0. The largest absolute Gasteiger partial charge is 0.481 e. The summed E-state index contributed by atoms with van der Waals surface area (Å²) in [6, 6.07) is 0.281. The lowest BCUT2D eigenvalue weighted by atomic mass is 9.99. The second-order valence-electron chi connectivity index (χ2n) is 4.58. The summed E-state index contributed by atoms with van der Waals surface area (Å²) in [6.07, 6.45) is 5.92. The number of carboxylic acids is 1. The summed E-state index contributed by atoms with van der Waals surface area (Å²) < 4.78 is 0. The van der Waals surface area contributed by atoms with Gasteiger partial charge in [-0.25, -0.2) is 0 Å². The minimum atomic E-state index is -0.858. The normalized spacial score (nSPS) is 18.3. The fourth-order valence-electron chi connectivity index (χ4n) is 2.24. The highest BCUT2D eigenvalue weighted by Gasteiger charge is 2.23. The van der Waals surface area contributed by atoms with E-state index in [1.807, 2.05) is 6.92 Å². The zero-order valence-corrected chi connectivity index (χ0v) is 9.87. The van der Waals surface area contributed by atoms with E-state index in [0.29, 0.717) is 6.42 Å². The molecule has 0 heterocycles. The van der Waals surface area contributed by atoms with Crippen LogP contribution in [0.15, 0.2) is 0 Å². The lowest BCUT2D eigenvalue weighted by Gasteiger charge is -2.15. The maximum Gasteiger partial charge on any atom is 0.307 e. The summed E-state index contributed by atoms with van der Waals surface area (Å²) in [7, 11) is 0. The molecule has 0 saturated heterocycles. The summed E-state index contributed by atoms with van der Waals surface area (Å²) >= 11 is 0. The van der Waals surface area contributed by atoms with Crippen LogP contribution in [-0.4, -0.2) is 23.0 Å². The SMILES string of the molecule is CCCC(CC(=O)NC1CCCC1)C(=O)O. The molecule has 0 radical (unpaired) electrons. The maximum absolute atomic E-state index is 11.6. The average molecular weight is 227 g/mol. The van der Waals surface area contributed by atoms with Gasteiger partial charge in [0.25, 0.3) is 0 Å². The van der Waals surface area contributed by atoms with Crippen LogP contribution in [0.3, 0.4) is 0 Å². The molecule has 1 aliphatic carbocycles. The second kappa shape index (κ2) is 6.51. The van der Waals surface area contributed by atoms with Crippen LogP contribution >= 0.6 is 0 Å². The van der Waals surface area contributed by atoms with Gasteiger partial charge in [-0.2, -0.15) is 0 Å². The van der Waals surface area contributed by atoms with Crippen LogP contribution in [0.4, 0.5) is 0 Å². The van der Waals surface area contributed by atoms with Gasteiger partial charge >= 0.3 is 5.97 Å². The Morgan fingerprint density at radius 1 is 1.38 bits per heavy atom. The fourth-order valence-corrected chi connectivity index (χ4v) is 2.24. The standard InChI is InChI=1S/C12H21NO3/c1-2-5-9(12(15)16)8-11(14)13-10-6-3-4-7-10/h9-10H,2-8H2,1H3,(H,13,14)(H,15,16). The Morgan fingerprint density at radius 3 is 2.50 bits per heavy atom. The van der Waals surface area contributed by atoms with E-state index >= 15 is 0 Å². The van der Waals surface area contributed by atoms with Gasteiger partial charge in [0, 0.05) is 12.5 Å². The summed E-state index contributed by atoms with van der Waals surface area (Å²) in [4.78, 5) is 22.5. The zero-order chi connectivity index (χ0) is 12.0. The van der Waals surface area contributed by atoms with Crippen LogP contribution in [0.2, 0.25) is 0 Å². The van der Waals surface area contributed by atoms with Gasteiger partial charge in [0.05, 0.1) is 5.92 Å². The van der Waals surface area contributed by atoms with Crippen LogP contribution in [-0.2, 0) is 9.59 Å². The van der Waals surface area contributed by atoms with Crippen molar-refractivity contribution in [2.45, 2.75) is 57.9 Å². The third kappa shape index (κ3) is 4.21. The van der Waals surface area contributed by atoms with Crippen molar-refractivity contribution in [3.63, 3.8) is 0 Å². The van der Waals surface area contributed by atoms with Crippen LogP contribution in [0.1, 0.15) is 51.9 Å². The molecule has 0 aliphatic heterocycles. The third-order valence-corrected chi connectivity index (χ3v) is 3.14. The minimum absolute atomic E-state index is 0.104. The Bertz CT molecular complexity index is 247. The van der Waals surface area contributed by atoms with Crippen molar-refractivity contribution in [2.75, 3.05) is 0 Å². The minimum Gasteiger partial charge on any atom is -0.481 e. The van der Waals surface area contributed by atoms with E-state index in [0.717, 1.165) is 19.3 Å². The van der Waals surface area contributed by atoms with Gasteiger partial charge in [-0.05, 0) is 19.3 Å². The molecule has 0 aromatic carbocycles. The molecule has 0 spiro atoms. The molecule has 16 heavy (non-hydrogen) atoms. The molecule has 1 rings (SSSR count). The number of carbonyl (C=O) groups excluding carboxylic acids is 1. The van der Waals surface area contributed by atoms with Crippen molar-refractivity contribution >= 4 is 11.9 Å². The summed E-state index contributed by atoms with van der Waals surface area (Å²) in [5.74, 6) is -1.48. The lowest BCUT2D eigenvalue weighted by molar-refractivity contribution is -0.144. The van der Waals surface area contributed by atoms with E-state index < -0.39 is 11.9 Å². The Kier molecular flexibility index (Phi) is 5.29. The number of carbonyl (C=O) groups is 2. The van der Waals surface area contributed by atoms with Gasteiger partial charge in [0.2, 0.25) is 5.91 Å². The van der Waals surface area contributed by atoms with E-state index in [1.54, 1.807) is 0 Å². The summed E-state index contributed by atoms with van der Waals surface area (Å²) in [5.41, 5.74) is 0. The van der Waals surface area contributed by atoms with Gasteiger partial charge in [0.15, 0.2) is 0 Å². The number of nitrogens with one attached hydrogen (secondary N) is 1. The molecular weight excluding hydrogens is 206 g/mol. The Balaban J connectivity index is 2.32. The monoisotopic (exact) mass is 227 g/mol. The first-order valence-corrected chi connectivity index (χ1v) is 6.15. The predicted molar refractivity (Wildman–Crippen MR) is 61.0 cm³/mol. The number of aliphatic carboxylic acids is 1. The number of hydrogen-bond donors (Lipinski definition) is 2. The quantitative estimate of drug-likeness (QED) is 0.728. The number of carboxylic acid groups (broad SMARTS) is 1. The number of hydrogen-bond acceptors (Lipinski definition) is 2. The fraction of sp³-hybridized carbons (Fsp3) is 0.833. The van der Waals surface area contributed by atoms with Gasteiger partial charge in [-0.1, -0.05) is 26.2 Å². The second-order valence-corrected chi connectivity index (χ2v) is 4.58. The number of amides is 1. The Morgan fingerprint density at radius 2 is 2.00 bits per heavy atom. The van der Waals surface area contributed by atoms with Gasteiger partial charge in [0.1, 0.15) is 0 Å². The highest BCUT2D eigenvalue weighted by molar-refractivity contribution is 5.82. The topological polar surface area (TPSA) is 66.4 Å². The summed E-state index contributed by atoms with van der Waals surface area (Å²) in [5, 5.41) is 11.9. The molecule has 1 fully saturated rings. The van der Waals surface area contributed by atoms with Gasteiger partial charge in [-0.3, -0.25) is 9.59 Å². The molecule has 92 valence electrons. The molecule has 4 heteroatoms. The molecule has 2 N–H and O–H groups in total. The van der Waals surface area contributed by atoms with E-state index in [-0.39, 0.29) is 18.4 Å². The molecule has 0 aromatic heterocycles. The van der Waals surface area contributed by atoms with Crippen molar-refractivity contribution in [3.05, 3.63) is 0 Å². The third-order valence-electron chi connectivity index (χ3n) is 3.14. The molecule has 4 nitrogen and oxygen atoms in total. The Hall–Kier alpha value is -1.06. The van der Waals surface area contributed by atoms with E-state index in [4.69, 9.17) is 5.11 Å².